The highest BCUT2D eigenvalue weighted by Gasteiger charge is 1.97. The molecule has 0 saturated heterocycles. The number of nitrogens with one attached hydrogen (secondary N) is 1. The van der Waals surface area contributed by atoms with Gasteiger partial charge in [-0.1, -0.05) is 25.7 Å². The zero-order chi connectivity index (χ0) is 9.94. The second-order valence-electron chi connectivity index (χ2n) is 3.13. The van der Waals surface area contributed by atoms with Crippen LogP contribution in [0.3, 0.4) is 0 Å². The van der Waals surface area contributed by atoms with Gasteiger partial charge in [0.05, 0.1) is 0 Å². The SMILES string of the molecule is O=C(CCCCCCCCS)NO. The van der Waals surface area contributed by atoms with Gasteiger partial charge in [-0.2, -0.15) is 12.6 Å². The third-order valence-corrected chi connectivity index (χ3v) is 2.25. The van der Waals surface area contributed by atoms with Gasteiger partial charge in [0.15, 0.2) is 0 Å². The van der Waals surface area contributed by atoms with E-state index in [1.807, 2.05) is 0 Å². The lowest BCUT2D eigenvalue weighted by Crippen LogP contribution is -2.17. The zero-order valence-corrected chi connectivity index (χ0v) is 8.85. The lowest BCUT2D eigenvalue weighted by Gasteiger charge is -1.99. The van der Waals surface area contributed by atoms with Gasteiger partial charge in [0.1, 0.15) is 0 Å². The van der Waals surface area contributed by atoms with Gasteiger partial charge >= 0.3 is 0 Å². The molecule has 4 heteroatoms. The highest BCUT2D eigenvalue weighted by Crippen LogP contribution is 2.07. The lowest BCUT2D eigenvalue weighted by molar-refractivity contribution is -0.129. The average Bonchev–Trinajstić information content (AvgIpc) is 2.16. The van der Waals surface area contributed by atoms with Crippen LogP contribution in [-0.4, -0.2) is 16.9 Å². The van der Waals surface area contributed by atoms with Crippen LogP contribution in [0.15, 0.2) is 0 Å². The Morgan fingerprint density at radius 3 is 2.15 bits per heavy atom. The predicted octanol–water partition coefficient (Wildman–Crippen LogP) is 2.15. The molecule has 2 N–H and O–H groups in total. The molecular formula is C9H19NO2S. The standard InChI is InChI=1S/C9H19NO2S/c11-9(10-12)7-5-3-1-2-4-6-8-13/h12-13H,1-8H2,(H,10,11). The van der Waals surface area contributed by atoms with Crippen molar-refractivity contribution in [2.24, 2.45) is 0 Å². The highest BCUT2D eigenvalue weighted by atomic mass is 32.1. The molecule has 0 saturated carbocycles. The van der Waals surface area contributed by atoms with Crippen molar-refractivity contribution in [3.63, 3.8) is 0 Å². The fraction of sp³-hybridized carbons (Fsp3) is 0.889. The molecule has 0 aliphatic heterocycles. The molecule has 0 aliphatic carbocycles. The summed E-state index contributed by atoms with van der Waals surface area (Å²) in [6.45, 7) is 0. The summed E-state index contributed by atoms with van der Waals surface area (Å²) in [4.78, 5) is 10.6. The van der Waals surface area contributed by atoms with Gasteiger partial charge in [0.2, 0.25) is 5.91 Å². The highest BCUT2D eigenvalue weighted by molar-refractivity contribution is 7.80. The maximum absolute atomic E-state index is 10.6. The molecule has 0 aromatic rings. The first-order chi connectivity index (χ1) is 6.31. The van der Waals surface area contributed by atoms with E-state index in [4.69, 9.17) is 5.21 Å². The minimum atomic E-state index is -0.282. The molecule has 1 amide bonds. The Morgan fingerprint density at radius 1 is 1.08 bits per heavy atom. The Kier molecular flexibility index (Phi) is 9.70. The van der Waals surface area contributed by atoms with Crippen LogP contribution in [0.1, 0.15) is 44.9 Å². The van der Waals surface area contributed by atoms with Crippen LogP contribution in [0.25, 0.3) is 0 Å². The molecule has 0 spiro atoms. The number of hydrogen-bond donors (Lipinski definition) is 3. The maximum atomic E-state index is 10.6. The normalized spacial score (nSPS) is 10.0. The summed E-state index contributed by atoms with van der Waals surface area (Å²) in [6.07, 6.45) is 7.18. The summed E-state index contributed by atoms with van der Waals surface area (Å²) < 4.78 is 0. The van der Waals surface area contributed by atoms with Crippen LogP contribution in [0.4, 0.5) is 0 Å². The van der Waals surface area contributed by atoms with E-state index in [0.29, 0.717) is 6.42 Å². The van der Waals surface area contributed by atoms with E-state index < -0.39 is 0 Å². The van der Waals surface area contributed by atoms with E-state index in [-0.39, 0.29) is 5.91 Å². The van der Waals surface area contributed by atoms with Gasteiger partial charge in [-0.25, -0.2) is 5.48 Å². The van der Waals surface area contributed by atoms with E-state index in [9.17, 15) is 4.79 Å². The fourth-order valence-electron chi connectivity index (χ4n) is 1.16. The topological polar surface area (TPSA) is 49.3 Å². The van der Waals surface area contributed by atoms with Crippen molar-refractivity contribution >= 4 is 18.5 Å². The van der Waals surface area contributed by atoms with Gasteiger partial charge in [-0.15, -0.1) is 0 Å². The summed E-state index contributed by atoms with van der Waals surface area (Å²) >= 11 is 4.12. The number of carbonyl (C=O) groups excluding carboxylic acids is 1. The molecule has 0 fully saturated rings. The van der Waals surface area contributed by atoms with Crippen molar-refractivity contribution in [2.75, 3.05) is 5.75 Å². The molecule has 0 aliphatic rings. The molecule has 0 atom stereocenters. The molecule has 13 heavy (non-hydrogen) atoms. The third kappa shape index (κ3) is 9.70. The Hall–Kier alpha value is -0.220. The molecule has 0 heterocycles. The monoisotopic (exact) mass is 205 g/mol. The average molecular weight is 205 g/mol. The van der Waals surface area contributed by atoms with Gasteiger partial charge in [-0.05, 0) is 18.6 Å². The van der Waals surface area contributed by atoms with Crippen molar-refractivity contribution in [2.45, 2.75) is 44.9 Å². The summed E-state index contributed by atoms with van der Waals surface area (Å²) in [5.74, 6) is 0.683. The number of hydroxylamine groups is 1. The van der Waals surface area contributed by atoms with Gasteiger partial charge < -0.3 is 0 Å². The van der Waals surface area contributed by atoms with Crippen LogP contribution in [-0.2, 0) is 4.79 Å². The van der Waals surface area contributed by atoms with Crippen LogP contribution < -0.4 is 5.48 Å². The van der Waals surface area contributed by atoms with E-state index in [1.165, 1.54) is 25.7 Å². The summed E-state index contributed by atoms with van der Waals surface area (Å²) in [7, 11) is 0. The second-order valence-corrected chi connectivity index (χ2v) is 3.58. The maximum Gasteiger partial charge on any atom is 0.243 e. The molecule has 3 nitrogen and oxygen atoms in total. The third-order valence-electron chi connectivity index (χ3n) is 1.94. The Bertz CT molecular complexity index is 131. The zero-order valence-electron chi connectivity index (χ0n) is 7.96. The fourth-order valence-corrected chi connectivity index (χ4v) is 1.38. The van der Waals surface area contributed by atoms with E-state index >= 15 is 0 Å². The number of rotatable bonds is 8. The van der Waals surface area contributed by atoms with Crippen molar-refractivity contribution in [1.82, 2.24) is 5.48 Å². The van der Waals surface area contributed by atoms with Crippen molar-refractivity contribution < 1.29 is 10.0 Å². The molecule has 0 unspecified atom stereocenters. The lowest BCUT2D eigenvalue weighted by atomic mass is 10.1. The Labute approximate surface area is 85.3 Å². The van der Waals surface area contributed by atoms with Crippen LogP contribution >= 0.6 is 12.6 Å². The number of amides is 1. The number of thiol groups is 1. The van der Waals surface area contributed by atoms with E-state index in [1.54, 1.807) is 5.48 Å². The minimum absolute atomic E-state index is 0.282. The first kappa shape index (κ1) is 12.8. The summed E-state index contributed by atoms with van der Waals surface area (Å²) in [5.41, 5.74) is 1.63. The first-order valence-corrected chi connectivity index (χ1v) is 5.48. The summed E-state index contributed by atoms with van der Waals surface area (Å²) in [6, 6.07) is 0. The second kappa shape index (κ2) is 9.86. The number of carbonyl (C=O) groups is 1. The van der Waals surface area contributed by atoms with Crippen molar-refractivity contribution in [3.8, 4) is 0 Å². The molecular weight excluding hydrogens is 186 g/mol. The quantitative estimate of drug-likeness (QED) is 0.246. The van der Waals surface area contributed by atoms with Crippen LogP contribution in [0.2, 0.25) is 0 Å². The Balaban J connectivity index is 2.95. The molecule has 78 valence electrons. The van der Waals surface area contributed by atoms with Gasteiger partial charge in [0.25, 0.3) is 0 Å². The van der Waals surface area contributed by atoms with Gasteiger partial charge in [0, 0.05) is 6.42 Å². The van der Waals surface area contributed by atoms with E-state index in [0.717, 1.165) is 18.6 Å². The minimum Gasteiger partial charge on any atom is -0.289 e. The number of unbranched alkanes of at least 4 members (excludes halogenated alkanes) is 5. The first-order valence-electron chi connectivity index (χ1n) is 4.85. The van der Waals surface area contributed by atoms with Crippen molar-refractivity contribution in [1.29, 1.82) is 0 Å². The number of hydrogen-bond acceptors (Lipinski definition) is 3. The molecule has 0 rings (SSSR count). The Morgan fingerprint density at radius 2 is 1.62 bits per heavy atom. The molecule has 0 radical (unpaired) electrons. The van der Waals surface area contributed by atoms with E-state index in [2.05, 4.69) is 12.6 Å². The summed E-state index contributed by atoms with van der Waals surface area (Å²) in [5, 5.41) is 8.20. The van der Waals surface area contributed by atoms with Crippen LogP contribution in [0, 0.1) is 0 Å². The van der Waals surface area contributed by atoms with Crippen molar-refractivity contribution in [3.05, 3.63) is 0 Å². The molecule has 0 bridgehead atoms. The smallest absolute Gasteiger partial charge is 0.243 e. The largest absolute Gasteiger partial charge is 0.289 e. The molecule has 0 aromatic carbocycles. The van der Waals surface area contributed by atoms with Crippen LogP contribution in [0.5, 0.6) is 0 Å². The predicted molar refractivity (Wildman–Crippen MR) is 56.1 cm³/mol. The van der Waals surface area contributed by atoms with Gasteiger partial charge in [-0.3, -0.25) is 10.0 Å². The molecule has 0 aromatic heterocycles.